The maximum atomic E-state index is 13.6. The van der Waals surface area contributed by atoms with Crippen LogP contribution < -0.4 is 4.90 Å². The van der Waals surface area contributed by atoms with E-state index in [9.17, 15) is 4.79 Å². The van der Waals surface area contributed by atoms with Crippen molar-refractivity contribution in [3.63, 3.8) is 0 Å². The van der Waals surface area contributed by atoms with E-state index in [0.29, 0.717) is 5.92 Å². The predicted molar refractivity (Wildman–Crippen MR) is 235 cm³/mol. The molecule has 0 bridgehead atoms. The Balaban J connectivity index is 1.08. The third-order valence-corrected chi connectivity index (χ3v) is 12.4. The average Bonchev–Trinajstić information content (AvgIpc) is 3.77. The van der Waals surface area contributed by atoms with Crippen LogP contribution in [0.5, 0.6) is 0 Å². The number of nitrogens with zero attached hydrogens (tertiary/aromatic N) is 2. The molecule has 0 aliphatic heterocycles. The quantitative estimate of drug-likeness (QED) is 0.177. The second kappa shape index (κ2) is 12.6. The molecule has 7 aromatic carbocycles. The van der Waals surface area contributed by atoms with Crippen LogP contribution in [0.3, 0.4) is 0 Å². The van der Waals surface area contributed by atoms with Crippen LogP contribution in [0, 0.1) is 5.92 Å². The summed E-state index contributed by atoms with van der Waals surface area (Å²) in [6.45, 7) is 6.75. The van der Waals surface area contributed by atoms with Crippen molar-refractivity contribution < 1.29 is 9.21 Å². The number of para-hydroxylation sites is 2. The normalized spacial score (nSPS) is 15.9. The first-order valence-electron chi connectivity index (χ1n) is 19.9. The molecule has 2 aromatic heterocycles. The highest BCUT2D eigenvalue weighted by molar-refractivity contribution is 6.18. The zero-order valence-corrected chi connectivity index (χ0v) is 32.2. The average molecular weight is 737 g/mol. The lowest BCUT2D eigenvalue weighted by Crippen LogP contribution is -2.30. The zero-order valence-electron chi connectivity index (χ0n) is 32.2. The van der Waals surface area contributed by atoms with Crippen LogP contribution in [0.25, 0.3) is 60.6 Å². The van der Waals surface area contributed by atoms with Crippen LogP contribution >= 0.6 is 0 Å². The number of hydrogen-bond acceptors (Lipinski definition) is 3. The van der Waals surface area contributed by atoms with Gasteiger partial charge in [-0.2, -0.15) is 0 Å². The summed E-state index contributed by atoms with van der Waals surface area (Å²) >= 11 is 0. The maximum absolute atomic E-state index is 13.6. The van der Waals surface area contributed by atoms with Crippen molar-refractivity contribution in [1.29, 1.82) is 0 Å². The van der Waals surface area contributed by atoms with E-state index >= 15 is 0 Å². The molecular weight excluding hydrogens is 697 g/mol. The number of fused-ring (bicyclic) bond motifs is 8. The number of aromatic nitrogens is 1. The van der Waals surface area contributed by atoms with Crippen molar-refractivity contribution in [1.82, 2.24) is 4.57 Å². The number of allylic oxidation sites excluding steroid dienone is 4. The van der Waals surface area contributed by atoms with E-state index in [1.165, 1.54) is 5.70 Å². The lowest BCUT2D eigenvalue weighted by Gasteiger charge is -2.34. The Hall–Kier alpha value is -6.91. The molecule has 2 heterocycles. The molecule has 0 spiro atoms. The Morgan fingerprint density at radius 1 is 0.614 bits per heavy atom. The van der Waals surface area contributed by atoms with Crippen molar-refractivity contribution in [2.45, 2.75) is 32.6 Å². The van der Waals surface area contributed by atoms with Crippen molar-refractivity contribution in [2.75, 3.05) is 4.90 Å². The summed E-state index contributed by atoms with van der Waals surface area (Å²) in [5.41, 5.74) is 14.3. The number of furan rings is 1. The molecule has 1 atom stereocenters. The summed E-state index contributed by atoms with van der Waals surface area (Å²) in [5, 5.41) is 4.52. The van der Waals surface area contributed by atoms with Crippen LogP contribution in [-0.4, -0.2) is 10.4 Å². The van der Waals surface area contributed by atoms with E-state index in [-0.39, 0.29) is 11.2 Å². The molecule has 0 N–H and O–H groups in total. The highest BCUT2D eigenvalue weighted by Gasteiger charge is 2.36. The first-order valence-corrected chi connectivity index (χ1v) is 19.9. The van der Waals surface area contributed by atoms with E-state index in [1.807, 2.05) is 36.4 Å². The Bertz CT molecular complexity index is 3160. The molecule has 1 unspecified atom stereocenters. The number of benzene rings is 7. The SMILES string of the molecule is CC1CC=CC=C1N(c1ccccc1)c1ccc2c(c1)c1cc3oc4ccccc4c3cc1n2-c1ccc(-c2ccc3c(c2)C(C)(C)c2ccccc2C3=O)cc1. The number of ketones is 1. The summed E-state index contributed by atoms with van der Waals surface area (Å²) in [7, 11) is 0. The van der Waals surface area contributed by atoms with Gasteiger partial charge >= 0.3 is 0 Å². The Morgan fingerprint density at radius 2 is 1.35 bits per heavy atom. The summed E-state index contributed by atoms with van der Waals surface area (Å²) < 4.78 is 8.86. The summed E-state index contributed by atoms with van der Waals surface area (Å²) in [4.78, 5) is 16.0. The van der Waals surface area contributed by atoms with Gasteiger partial charge in [0.15, 0.2) is 5.78 Å². The maximum Gasteiger partial charge on any atom is 0.193 e. The fourth-order valence-electron chi connectivity index (χ4n) is 9.45. The van der Waals surface area contributed by atoms with Gasteiger partial charge in [0.05, 0.1) is 11.0 Å². The molecule has 4 heteroatoms. The summed E-state index contributed by atoms with van der Waals surface area (Å²) in [6.07, 6.45) is 7.70. The smallest absolute Gasteiger partial charge is 0.193 e. The number of rotatable bonds is 5. The van der Waals surface area contributed by atoms with Gasteiger partial charge in [-0.05, 0) is 101 Å². The van der Waals surface area contributed by atoms with E-state index in [2.05, 4.69) is 164 Å². The van der Waals surface area contributed by atoms with Crippen LogP contribution in [0.2, 0.25) is 0 Å². The van der Waals surface area contributed by atoms with E-state index in [4.69, 9.17) is 4.42 Å². The number of carbonyl (C=O) groups is 1. The molecule has 57 heavy (non-hydrogen) atoms. The third kappa shape index (κ3) is 5.10. The number of hydrogen-bond donors (Lipinski definition) is 0. The lowest BCUT2D eigenvalue weighted by molar-refractivity contribution is 0.103. The number of anilines is 2. The van der Waals surface area contributed by atoms with Gasteiger partial charge in [-0.1, -0.05) is 118 Å². The fourth-order valence-corrected chi connectivity index (χ4v) is 9.45. The highest BCUT2D eigenvalue weighted by Crippen LogP contribution is 2.45. The van der Waals surface area contributed by atoms with E-state index in [0.717, 1.165) is 101 Å². The van der Waals surface area contributed by atoms with Crippen LogP contribution in [0.15, 0.2) is 180 Å². The van der Waals surface area contributed by atoms with Crippen molar-refractivity contribution in [3.05, 3.63) is 198 Å². The van der Waals surface area contributed by atoms with Gasteiger partial charge in [-0.15, -0.1) is 0 Å². The van der Waals surface area contributed by atoms with Crippen LogP contribution in [0.4, 0.5) is 11.4 Å². The first-order chi connectivity index (χ1) is 27.8. The molecule has 0 saturated heterocycles. The van der Waals surface area contributed by atoms with Gasteiger partial charge in [-0.25, -0.2) is 0 Å². The van der Waals surface area contributed by atoms with Gasteiger partial charge in [0.2, 0.25) is 0 Å². The molecule has 0 fully saturated rings. The Morgan fingerprint density at radius 3 is 2.19 bits per heavy atom. The lowest BCUT2D eigenvalue weighted by atomic mass is 9.68. The van der Waals surface area contributed by atoms with Gasteiger partial charge in [0, 0.05) is 66.8 Å². The van der Waals surface area contributed by atoms with Gasteiger partial charge in [-0.3, -0.25) is 4.79 Å². The molecule has 9 aromatic rings. The van der Waals surface area contributed by atoms with Crippen molar-refractivity contribution in [3.8, 4) is 16.8 Å². The first kappa shape index (κ1) is 33.4. The standard InChI is InChI=1S/C53H40N2O2/c1-33-13-7-11-19-47(33)54(36-14-5-4-6-15-36)38-26-28-48-42(30-38)43-32-51-44(39-16-9-12-20-50(39)57-51)31-49(43)55(48)37-24-21-34(22-25-37)35-23-27-41-46(29-35)53(2,3)45-18-10-8-17-40(45)52(41)56/h4-12,14-33H,13H2,1-3H3. The molecule has 0 amide bonds. The minimum Gasteiger partial charge on any atom is -0.456 e. The van der Waals surface area contributed by atoms with E-state index in [1.54, 1.807) is 0 Å². The molecule has 4 nitrogen and oxygen atoms in total. The van der Waals surface area contributed by atoms with Crippen molar-refractivity contribution in [2.24, 2.45) is 5.92 Å². The molecular formula is C53H40N2O2. The minimum absolute atomic E-state index is 0.101. The molecule has 274 valence electrons. The minimum atomic E-state index is -0.293. The Labute approximate surface area is 331 Å². The monoisotopic (exact) mass is 736 g/mol. The molecule has 2 aliphatic carbocycles. The third-order valence-electron chi connectivity index (χ3n) is 12.4. The van der Waals surface area contributed by atoms with Gasteiger partial charge in [0.25, 0.3) is 0 Å². The second-order valence-corrected chi connectivity index (χ2v) is 16.1. The molecule has 0 saturated carbocycles. The fraction of sp³-hybridized carbons (Fsp3) is 0.113. The van der Waals surface area contributed by atoms with E-state index < -0.39 is 0 Å². The largest absolute Gasteiger partial charge is 0.456 e. The Kier molecular flexibility index (Phi) is 7.36. The molecule has 11 rings (SSSR count). The van der Waals surface area contributed by atoms with Crippen LogP contribution in [0.1, 0.15) is 54.2 Å². The summed E-state index contributed by atoms with van der Waals surface area (Å²) in [6, 6.07) is 53.6. The highest BCUT2D eigenvalue weighted by atomic mass is 16.3. The molecule has 0 radical (unpaired) electrons. The number of carbonyl (C=O) groups excluding carboxylic acids is 1. The predicted octanol–water partition coefficient (Wildman–Crippen LogP) is 13.8. The van der Waals surface area contributed by atoms with Gasteiger partial charge in [0.1, 0.15) is 11.2 Å². The summed E-state index contributed by atoms with van der Waals surface area (Å²) in [5.74, 6) is 0.475. The van der Waals surface area contributed by atoms with Crippen LogP contribution in [-0.2, 0) is 5.41 Å². The second-order valence-electron chi connectivity index (χ2n) is 16.1. The topological polar surface area (TPSA) is 38.4 Å². The van der Waals surface area contributed by atoms with Gasteiger partial charge < -0.3 is 13.9 Å². The van der Waals surface area contributed by atoms with Crippen molar-refractivity contribution >= 4 is 60.9 Å². The zero-order chi connectivity index (χ0) is 38.4. The molecule has 2 aliphatic rings.